The number of dihydropyridines is 1. The average Bonchev–Trinajstić information content (AvgIpc) is 2.42. The summed E-state index contributed by atoms with van der Waals surface area (Å²) in [6, 6.07) is 0.472. The number of nitrogens with zero attached hydrogens (tertiary/aromatic N) is 1. The van der Waals surface area contributed by atoms with Crippen molar-refractivity contribution >= 4 is 6.21 Å². The molecule has 1 heteroatoms. The fourth-order valence-electron chi connectivity index (χ4n) is 1.98. The van der Waals surface area contributed by atoms with Crippen LogP contribution in [0.25, 0.3) is 0 Å². The number of hydrogen-bond acceptors (Lipinski definition) is 1. The minimum atomic E-state index is 0.472. The van der Waals surface area contributed by atoms with Crippen molar-refractivity contribution in [3.05, 3.63) is 36.0 Å². The minimum Gasteiger partial charge on any atom is -0.289 e. The zero-order valence-electron chi connectivity index (χ0n) is 11.4. The van der Waals surface area contributed by atoms with Crippen molar-refractivity contribution in [3.63, 3.8) is 0 Å². The Hall–Kier alpha value is -1.11. The zero-order chi connectivity index (χ0) is 12.5. The molecule has 1 aliphatic carbocycles. The Labute approximate surface area is 106 Å². The monoisotopic (exact) mass is 231 g/mol. The summed E-state index contributed by atoms with van der Waals surface area (Å²) in [5.74, 6) is 0.739. The van der Waals surface area contributed by atoms with Crippen LogP contribution >= 0.6 is 0 Å². The molecule has 0 bridgehead atoms. The van der Waals surface area contributed by atoms with Crippen molar-refractivity contribution in [2.45, 2.75) is 52.5 Å². The first-order valence-corrected chi connectivity index (χ1v) is 6.91. The quantitative estimate of drug-likeness (QED) is 0.610. The lowest BCUT2D eigenvalue weighted by molar-refractivity contribution is 0.583. The number of hydrogen-bond donors (Lipinski definition) is 0. The standard InChI is InChI=1S/C14H19N.C2H6/c1-12-7-8-14(11-15-12)10-9-13-5-3-2-4-6-13;1-2/h2-3,8-13H,4-7H2,1H3;1-2H3/b10-9-;/t12?,13-;/m1./s1. The number of rotatable bonds is 2. The van der Waals surface area contributed by atoms with Crippen molar-refractivity contribution in [1.29, 1.82) is 0 Å². The first-order valence-electron chi connectivity index (χ1n) is 6.91. The molecule has 0 amide bonds. The van der Waals surface area contributed by atoms with E-state index >= 15 is 0 Å². The van der Waals surface area contributed by atoms with E-state index in [0.29, 0.717) is 6.04 Å². The van der Waals surface area contributed by atoms with E-state index < -0.39 is 0 Å². The summed E-state index contributed by atoms with van der Waals surface area (Å²) < 4.78 is 0. The van der Waals surface area contributed by atoms with Crippen molar-refractivity contribution in [1.82, 2.24) is 0 Å². The minimum absolute atomic E-state index is 0.472. The van der Waals surface area contributed by atoms with Gasteiger partial charge in [-0.05, 0) is 44.1 Å². The van der Waals surface area contributed by atoms with Crippen LogP contribution in [0, 0.1) is 5.92 Å². The molecule has 0 N–H and O–H groups in total. The van der Waals surface area contributed by atoms with E-state index in [9.17, 15) is 0 Å². The maximum absolute atomic E-state index is 4.42. The van der Waals surface area contributed by atoms with Gasteiger partial charge in [0.25, 0.3) is 0 Å². The van der Waals surface area contributed by atoms with Crippen LogP contribution in [0.15, 0.2) is 40.9 Å². The Bertz CT molecular complexity index is 320. The Kier molecular flexibility index (Phi) is 6.61. The van der Waals surface area contributed by atoms with Gasteiger partial charge in [-0.1, -0.05) is 44.2 Å². The number of allylic oxidation sites excluding steroid dienone is 5. The predicted octanol–water partition coefficient (Wildman–Crippen LogP) is 4.71. The highest BCUT2D eigenvalue weighted by Crippen LogP contribution is 2.20. The summed E-state index contributed by atoms with van der Waals surface area (Å²) >= 11 is 0. The van der Waals surface area contributed by atoms with Gasteiger partial charge in [-0.2, -0.15) is 0 Å². The normalized spacial score (nSPS) is 27.6. The van der Waals surface area contributed by atoms with E-state index in [1.165, 1.54) is 24.8 Å². The predicted molar refractivity (Wildman–Crippen MR) is 77.6 cm³/mol. The fourth-order valence-corrected chi connectivity index (χ4v) is 1.98. The Morgan fingerprint density at radius 2 is 2.06 bits per heavy atom. The third kappa shape index (κ3) is 5.16. The summed E-state index contributed by atoms with van der Waals surface area (Å²) in [5, 5.41) is 0. The van der Waals surface area contributed by atoms with Gasteiger partial charge >= 0.3 is 0 Å². The van der Waals surface area contributed by atoms with Crippen molar-refractivity contribution in [2.24, 2.45) is 10.9 Å². The first-order chi connectivity index (χ1) is 8.34. The Morgan fingerprint density at radius 3 is 2.65 bits per heavy atom. The van der Waals surface area contributed by atoms with E-state index in [0.717, 1.165) is 12.3 Å². The maximum atomic E-state index is 4.42. The van der Waals surface area contributed by atoms with Crippen LogP contribution in [0.4, 0.5) is 0 Å². The van der Waals surface area contributed by atoms with Crippen LogP contribution in [0.1, 0.15) is 46.5 Å². The van der Waals surface area contributed by atoms with Gasteiger partial charge in [-0.3, -0.25) is 4.99 Å². The number of aliphatic imine (C=N–C) groups is 1. The fraction of sp³-hybridized carbons (Fsp3) is 0.562. The van der Waals surface area contributed by atoms with E-state index in [1.54, 1.807) is 0 Å². The van der Waals surface area contributed by atoms with Gasteiger partial charge in [0.2, 0.25) is 0 Å². The molecular weight excluding hydrogens is 206 g/mol. The smallest absolute Gasteiger partial charge is 0.0506 e. The Balaban J connectivity index is 0.000000686. The average molecular weight is 231 g/mol. The molecule has 94 valence electrons. The molecule has 2 aliphatic rings. The lowest BCUT2D eigenvalue weighted by Gasteiger charge is -2.13. The van der Waals surface area contributed by atoms with Crippen LogP contribution in [-0.4, -0.2) is 12.3 Å². The molecule has 0 radical (unpaired) electrons. The second-order valence-electron chi connectivity index (χ2n) is 4.47. The van der Waals surface area contributed by atoms with Crippen LogP contribution in [0.3, 0.4) is 0 Å². The lowest BCUT2D eigenvalue weighted by Crippen LogP contribution is -2.03. The lowest BCUT2D eigenvalue weighted by atomic mass is 9.93. The summed E-state index contributed by atoms with van der Waals surface area (Å²) in [7, 11) is 0. The first kappa shape index (κ1) is 14.0. The van der Waals surface area contributed by atoms with Gasteiger partial charge in [0.15, 0.2) is 0 Å². The van der Waals surface area contributed by atoms with Gasteiger partial charge < -0.3 is 0 Å². The van der Waals surface area contributed by atoms with Crippen molar-refractivity contribution in [2.75, 3.05) is 0 Å². The third-order valence-electron chi connectivity index (χ3n) is 3.04. The topological polar surface area (TPSA) is 12.4 Å². The summed E-state index contributed by atoms with van der Waals surface area (Å²) in [4.78, 5) is 4.42. The van der Waals surface area contributed by atoms with Crippen LogP contribution in [0.2, 0.25) is 0 Å². The molecule has 0 saturated heterocycles. The van der Waals surface area contributed by atoms with E-state index in [1.807, 2.05) is 20.1 Å². The van der Waals surface area contributed by atoms with Gasteiger partial charge in [-0.15, -0.1) is 0 Å². The van der Waals surface area contributed by atoms with Crippen LogP contribution in [-0.2, 0) is 0 Å². The van der Waals surface area contributed by atoms with Gasteiger partial charge in [0.05, 0.1) is 6.04 Å². The van der Waals surface area contributed by atoms with Crippen molar-refractivity contribution < 1.29 is 0 Å². The molecule has 0 aromatic carbocycles. The highest BCUT2D eigenvalue weighted by molar-refractivity contribution is 5.83. The molecule has 1 nitrogen and oxygen atoms in total. The molecule has 17 heavy (non-hydrogen) atoms. The highest BCUT2D eigenvalue weighted by atomic mass is 14.8. The van der Waals surface area contributed by atoms with Gasteiger partial charge in [0.1, 0.15) is 0 Å². The molecular formula is C16H25N. The van der Waals surface area contributed by atoms with E-state index in [4.69, 9.17) is 0 Å². The molecule has 1 aliphatic heterocycles. The molecule has 0 fully saturated rings. The molecule has 2 rings (SSSR count). The molecule has 1 unspecified atom stereocenters. The SMILES string of the molecule is CC.CC1CC=C(/C=C\[C@@H]2CC=CCC2)C=N1. The third-order valence-corrected chi connectivity index (χ3v) is 3.04. The Morgan fingerprint density at radius 1 is 1.24 bits per heavy atom. The summed E-state index contributed by atoms with van der Waals surface area (Å²) in [5.41, 5.74) is 1.28. The maximum Gasteiger partial charge on any atom is 0.0506 e. The largest absolute Gasteiger partial charge is 0.289 e. The van der Waals surface area contributed by atoms with Crippen LogP contribution < -0.4 is 0 Å². The summed E-state index contributed by atoms with van der Waals surface area (Å²) in [6.07, 6.45) is 18.3. The van der Waals surface area contributed by atoms with Gasteiger partial charge in [-0.25, -0.2) is 0 Å². The van der Waals surface area contributed by atoms with Crippen molar-refractivity contribution in [3.8, 4) is 0 Å². The molecule has 0 aromatic heterocycles. The molecule has 1 heterocycles. The van der Waals surface area contributed by atoms with E-state index in [2.05, 4.69) is 42.3 Å². The second kappa shape index (κ2) is 8.05. The molecule has 0 aromatic rings. The van der Waals surface area contributed by atoms with Gasteiger partial charge in [0, 0.05) is 6.21 Å². The zero-order valence-corrected chi connectivity index (χ0v) is 11.4. The summed E-state index contributed by atoms with van der Waals surface area (Å²) in [6.45, 7) is 6.15. The molecule has 0 saturated carbocycles. The van der Waals surface area contributed by atoms with Crippen LogP contribution in [0.5, 0.6) is 0 Å². The molecule has 2 atom stereocenters. The highest BCUT2D eigenvalue weighted by Gasteiger charge is 2.06. The molecule has 0 spiro atoms. The second-order valence-corrected chi connectivity index (χ2v) is 4.47. The van der Waals surface area contributed by atoms with E-state index in [-0.39, 0.29) is 0 Å².